The lowest BCUT2D eigenvalue weighted by Crippen LogP contribution is -2.28. The largest absolute Gasteiger partial charge is 0.379 e. The van der Waals surface area contributed by atoms with Crippen LogP contribution in [0.3, 0.4) is 0 Å². The van der Waals surface area contributed by atoms with Gasteiger partial charge in [0.25, 0.3) is 0 Å². The number of hydrogen-bond donors (Lipinski definition) is 2. The van der Waals surface area contributed by atoms with Gasteiger partial charge in [-0.2, -0.15) is 0 Å². The number of rotatable bonds is 6. The summed E-state index contributed by atoms with van der Waals surface area (Å²) in [5.74, 6) is 0.645. The molecular formula is C8H20N2O. The van der Waals surface area contributed by atoms with Gasteiger partial charge in [-0.3, -0.25) is 0 Å². The average Bonchev–Trinajstić information content (AvgIpc) is 1.86. The predicted molar refractivity (Wildman–Crippen MR) is 47.3 cm³/mol. The van der Waals surface area contributed by atoms with Crippen molar-refractivity contribution in [3.8, 4) is 0 Å². The Bertz CT molecular complexity index is 86.2. The summed E-state index contributed by atoms with van der Waals surface area (Å²) in [5.41, 5.74) is 11.0. The second-order valence-electron chi connectivity index (χ2n) is 3.25. The van der Waals surface area contributed by atoms with Crippen molar-refractivity contribution < 1.29 is 4.74 Å². The third-order valence-corrected chi connectivity index (χ3v) is 1.37. The van der Waals surface area contributed by atoms with Gasteiger partial charge in [-0.15, -0.1) is 0 Å². The first-order valence-electron chi connectivity index (χ1n) is 4.20. The molecule has 0 spiro atoms. The maximum Gasteiger partial charge on any atom is 0.0618 e. The van der Waals surface area contributed by atoms with Crippen LogP contribution in [0.25, 0.3) is 0 Å². The fourth-order valence-corrected chi connectivity index (χ4v) is 0.992. The van der Waals surface area contributed by atoms with Gasteiger partial charge in [-0.05, 0) is 12.3 Å². The molecule has 0 rings (SSSR count). The van der Waals surface area contributed by atoms with Gasteiger partial charge in [0.2, 0.25) is 0 Å². The van der Waals surface area contributed by atoms with Gasteiger partial charge in [0, 0.05) is 12.6 Å². The molecule has 1 atom stereocenters. The van der Waals surface area contributed by atoms with Crippen LogP contribution >= 0.6 is 0 Å². The van der Waals surface area contributed by atoms with Crippen molar-refractivity contribution in [3.05, 3.63) is 0 Å². The summed E-state index contributed by atoms with van der Waals surface area (Å²) in [4.78, 5) is 0. The number of nitrogens with two attached hydrogens (primary N) is 2. The molecule has 0 bridgehead atoms. The van der Waals surface area contributed by atoms with Crippen molar-refractivity contribution in [2.75, 3.05) is 19.8 Å². The third-order valence-electron chi connectivity index (χ3n) is 1.37. The molecular weight excluding hydrogens is 140 g/mol. The summed E-state index contributed by atoms with van der Waals surface area (Å²) in [5, 5.41) is 0. The minimum absolute atomic E-state index is 0.168. The molecule has 0 amide bonds. The number of hydrogen-bond acceptors (Lipinski definition) is 3. The topological polar surface area (TPSA) is 61.3 Å². The molecule has 4 N–H and O–H groups in total. The average molecular weight is 160 g/mol. The maximum atomic E-state index is 5.75. The van der Waals surface area contributed by atoms with E-state index in [-0.39, 0.29) is 6.04 Å². The molecule has 0 aromatic heterocycles. The molecule has 0 aliphatic carbocycles. The van der Waals surface area contributed by atoms with E-state index in [0.29, 0.717) is 25.7 Å². The first kappa shape index (κ1) is 10.9. The smallest absolute Gasteiger partial charge is 0.0618 e. The summed E-state index contributed by atoms with van der Waals surface area (Å²) < 4.78 is 5.20. The fraction of sp³-hybridized carbons (Fsp3) is 1.00. The Morgan fingerprint density at radius 1 is 1.36 bits per heavy atom. The molecule has 3 heteroatoms. The minimum Gasteiger partial charge on any atom is -0.379 e. The third kappa shape index (κ3) is 7.78. The van der Waals surface area contributed by atoms with E-state index in [4.69, 9.17) is 16.2 Å². The Morgan fingerprint density at radius 2 is 2.00 bits per heavy atom. The lowest BCUT2D eigenvalue weighted by molar-refractivity contribution is 0.122. The van der Waals surface area contributed by atoms with Gasteiger partial charge in [-0.25, -0.2) is 0 Å². The summed E-state index contributed by atoms with van der Waals surface area (Å²) >= 11 is 0. The quantitative estimate of drug-likeness (QED) is 0.551. The van der Waals surface area contributed by atoms with E-state index in [9.17, 15) is 0 Å². The summed E-state index contributed by atoms with van der Waals surface area (Å²) in [6, 6.07) is 0.168. The van der Waals surface area contributed by atoms with E-state index in [1.54, 1.807) is 0 Å². The molecule has 0 unspecified atom stereocenters. The van der Waals surface area contributed by atoms with Gasteiger partial charge in [0.05, 0.1) is 13.2 Å². The second-order valence-corrected chi connectivity index (χ2v) is 3.25. The minimum atomic E-state index is 0.168. The van der Waals surface area contributed by atoms with Gasteiger partial charge < -0.3 is 16.2 Å². The van der Waals surface area contributed by atoms with E-state index in [0.717, 1.165) is 6.42 Å². The van der Waals surface area contributed by atoms with Gasteiger partial charge in [0.15, 0.2) is 0 Å². The molecule has 0 aromatic carbocycles. The standard InChI is InChI=1S/C8H20N2O/c1-7(2)5-8(10)6-11-4-3-9/h7-8H,3-6,9-10H2,1-2H3/t8-/m1/s1. The van der Waals surface area contributed by atoms with Crippen molar-refractivity contribution >= 4 is 0 Å². The van der Waals surface area contributed by atoms with E-state index in [1.165, 1.54) is 0 Å². The lowest BCUT2D eigenvalue weighted by Gasteiger charge is -2.13. The molecule has 0 saturated carbocycles. The van der Waals surface area contributed by atoms with Crippen LogP contribution < -0.4 is 11.5 Å². The Kier molecular flexibility index (Phi) is 6.51. The van der Waals surface area contributed by atoms with Crippen LogP contribution in [0.1, 0.15) is 20.3 Å². The summed E-state index contributed by atoms with van der Waals surface area (Å²) in [6.45, 7) is 6.14. The molecule has 11 heavy (non-hydrogen) atoms. The van der Waals surface area contributed by atoms with Crippen LogP contribution in [0.2, 0.25) is 0 Å². The summed E-state index contributed by atoms with van der Waals surface area (Å²) in [6.07, 6.45) is 1.02. The molecule has 0 aliphatic heterocycles. The van der Waals surface area contributed by atoms with Crippen LogP contribution in [-0.4, -0.2) is 25.8 Å². The van der Waals surface area contributed by atoms with Gasteiger partial charge in [0.1, 0.15) is 0 Å². The first-order chi connectivity index (χ1) is 5.16. The van der Waals surface area contributed by atoms with E-state index < -0.39 is 0 Å². The van der Waals surface area contributed by atoms with Crippen LogP contribution in [0.15, 0.2) is 0 Å². The molecule has 0 radical (unpaired) electrons. The van der Waals surface area contributed by atoms with E-state index in [1.807, 2.05) is 0 Å². The highest BCUT2D eigenvalue weighted by Crippen LogP contribution is 2.02. The second kappa shape index (κ2) is 6.58. The van der Waals surface area contributed by atoms with Crippen molar-refractivity contribution in [2.45, 2.75) is 26.3 Å². The Balaban J connectivity index is 3.15. The monoisotopic (exact) mass is 160 g/mol. The Morgan fingerprint density at radius 3 is 2.45 bits per heavy atom. The van der Waals surface area contributed by atoms with Crippen LogP contribution in [0.4, 0.5) is 0 Å². The predicted octanol–water partition coefficient (Wildman–Crippen LogP) is 0.335. The highest BCUT2D eigenvalue weighted by atomic mass is 16.5. The Labute approximate surface area is 69.1 Å². The van der Waals surface area contributed by atoms with Crippen molar-refractivity contribution in [1.82, 2.24) is 0 Å². The first-order valence-corrected chi connectivity index (χ1v) is 4.20. The highest BCUT2D eigenvalue weighted by Gasteiger charge is 2.04. The molecule has 68 valence electrons. The summed E-state index contributed by atoms with van der Waals surface area (Å²) in [7, 11) is 0. The molecule has 0 fully saturated rings. The van der Waals surface area contributed by atoms with E-state index >= 15 is 0 Å². The van der Waals surface area contributed by atoms with Crippen molar-refractivity contribution in [2.24, 2.45) is 17.4 Å². The lowest BCUT2D eigenvalue weighted by atomic mass is 10.1. The van der Waals surface area contributed by atoms with Crippen LogP contribution in [-0.2, 0) is 4.74 Å². The molecule has 0 aromatic rings. The zero-order chi connectivity index (χ0) is 8.69. The fourth-order valence-electron chi connectivity index (χ4n) is 0.992. The van der Waals surface area contributed by atoms with Gasteiger partial charge in [-0.1, -0.05) is 13.8 Å². The Hall–Kier alpha value is -0.120. The zero-order valence-corrected chi connectivity index (χ0v) is 7.55. The highest BCUT2D eigenvalue weighted by molar-refractivity contribution is 4.61. The number of ether oxygens (including phenoxy) is 1. The van der Waals surface area contributed by atoms with Crippen LogP contribution in [0, 0.1) is 5.92 Å². The van der Waals surface area contributed by atoms with E-state index in [2.05, 4.69) is 13.8 Å². The van der Waals surface area contributed by atoms with Crippen molar-refractivity contribution in [3.63, 3.8) is 0 Å². The molecule has 3 nitrogen and oxygen atoms in total. The van der Waals surface area contributed by atoms with Gasteiger partial charge >= 0.3 is 0 Å². The maximum absolute atomic E-state index is 5.75. The molecule has 0 saturated heterocycles. The van der Waals surface area contributed by atoms with Crippen LogP contribution in [0.5, 0.6) is 0 Å². The molecule has 0 aliphatic rings. The zero-order valence-electron chi connectivity index (χ0n) is 7.55. The van der Waals surface area contributed by atoms with Crippen molar-refractivity contribution in [1.29, 1.82) is 0 Å². The normalized spacial score (nSPS) is 13.9. The molecule has 0 heterocycles. The SMILES string of the molecule is CC(C)C[C@@H](N)COCCN.